The zero-order chi connectivity index (χ0) is 51.7. The number of hydrogen-bond acceptors (Lipinski definition) is 4. The van der Waals surface area contributed by atoms with E-state index in [1.807, 2.05) is 11.3 Å². The van der Waals surface area contributed by atoms with E-state index in [0.29, 0.717) is 0 Å². The summed E-state index contributed by atoms with van der Waals surface area (Å²) in [5.74, 6) is 0. The molecule has 0 bridgehead atoms. The van der Waals surface area contributed by atoms with Gasteiger partial charge in [-0.1, -0.05) is 179 Å². The van der Waals surface area contributed by atoms with Gasteiger partial charge >= 0.3 is 6.85 Å². The normalized spacial score (nSPS) is 17.7. The highest BCUT2D eigenvalue weighted by Crippen LogP contribution is 2.57. The average Bonchev–Trinajstić information content (AvgIpc) is 4.04. The first kappa shape index (κ1) is 46.7. The summed E-state index contributed by atoms with van der Waals surface area (Å²) in [6.07, 6.45) is 4.57. The maximum absolute atomic E-state index is 7.90. The minimum atomic E-state index is -0.299. The Hall–Kier alpha value is -6.82. The Balaban J connectivity index is 1.17. The lowest BCUT2D eigenvalue weighted by molar-refractivity contribution is 0.332. The number of thiophene rings is 1. The molecular formula is C70H67BN2OS. The molecule has 10 aromatic rings. The van der Waals surface area contributed by atoms with Crippen molar-refractivity contribution in [1.29, 1.82) is 0 Å². The number of hydrogen-bond donors (Lipinski definition) is 0. The topological polar surface area (TPSA) is 19.6 Å². The standard InChI is InChI=1S/C70H67BN2OS/c1-66(2,3)45-27-31-56(49(37-45)43-22-16-13-17-23-43)72-58-40-50-47-24-18-19-25-60(47)75-64(50)61-48-29-26-44(42-20-14-12-15-21-42)36-57(48)73(46-28-30-52-53(38-46)68(6,7)33-32-67(52,4)5)71(62(58)61)65-63(72)51-39-54-55(41-59(51)74-65)70(10,11)35-34-69(54,8)9/h12-31,36-41H,32-35H2,1-11H3. The van der Waals surface area contributed by atoms with Crippen molar-refractivity contribution in [2.45, 2.75) is 129 Å². The molecule has 8 aromatic carbocycles. The summed E-state index contributed by atoms with van der Waals surface area (Å²) in [4.78, 5) is 5.36. The van der Waals surface area contributed by atoms with Crippen molar-refractivity contribution in [3.05, 3.63) is 186 Å². The van der Waals surface area contributed by atoms with Gasteiger partial charge in [0.05, 0.1) is 11.4 Å². The molecule has 372 valence electrons. The molecular weight excluding hydrogens is 928 g/mol. The number of furan rings is 1. The van der Waals surface area contributed by atoms with E-state index >= 15 is 0 Å². The van der Waals surface area contributed by atoms with Crippen LogP contribution in [0, 0.1) is 0 Å². The molecule has 14 rings (SSSR count). The number of anilines is 5. The minimum Gasteiger partial charge on any atom is -0.466 e. The third-order valence-electron chi connectivity index (χ3n) is 18.5. The van der Waals surface area contributed by atoms with Crippen LogP contribution in [0.1, 0.15) is 130 Å². The fourth-order valence-corrected chi connectivity index (χ4v) is 15.1. The molecule has 2 aliphatic heterocycles. The lowest BCUT2D eigenvalue weighted by atomic mass is 9.45. The van der Waals surface area contributed by atoms with Gasteiger partial charge in [-0.2, -0.15) is 0 Å². The fraction of sp³-hybridized carbons (Fsp3) is 0.286. The van der Waals surface area contributed by atoms with Crippen LogP contribution >= 0.6 is 11.3 Å². The largest absolute Gasteiger partial charge is 0.466 e. The summed E-state index contributed by atoms with van der Waals surface area (Å²) in [6.45, 7) is 26.3. The summed E-state index contributed by atoms with van der Waals surface area (Å²) in [7, 11) is 0. The molecule has 0 spiro atoms. The Morgan fingerprint density at radius 2 is 1.12 bits per heavy atom. The maximum Gasteiger partial charge on any atom is 0.376 e. The zero-order valence-corrected chi connectivity index (χ0v) is 46.4. The zero-order valence-electron chi connectivity index (χ0n) is 45.6. The molecule has 0 saturated heterocycles. The molecule has 2 aliphatic carbocycles. The predicted molar refractivity (Wildman–Crippen MR) is 323 cm³/mol. The van der Waals surface area contributed by atoms with Crippen LogP contribution in [0.3, 0.4) is 0 Å². The molecule has 2 aromatic heterocycles. The number of benzene rings is 8. The summed E-state index contributed by atoms with van der Waals surface area (Å²) in [5.41, 5.74) is 23.6. The smallest absolute Gasteiger partial charge is 0.376 e. The molecule has 0 saturated carbocycles. The van der Waals surface area contributed by atoms with Gasteiger partial charge in [0.2, 0.25) is 0 Å². The highest BCUT2D eigenvalue weighted by atomic mass is 32.1. The Labute approximate surface area is 448 Å². The second-order valence-electron chi connectivity index (χ2n) is 26.2. The van der Waals surface area contributed by atoms with Crippen molar-refractivity contribution in [3.63, 3.8) is 0 Å². The fourth-order valence-electron chi connectivity index (χ4n) is 13.9. The quantitative estimate of drug-likeness (QED) is 0.164. The van der Waals surface area contributed by atoms with Gasteiger partial charge in [-0.15, -0.1) is 11.3 Å². The second kappa shape index (κ2) is 15.9. The Kier molecular flexibility index (Phi) is 9.88. The average molecular weight is 995 g/mol. The van der Waals surface area contributed by atoms with Gasteiger partial charge in [0.15, 0.2) is 0 Å². The van der Waals surface area contributed by atoms with Gasteiger partial charge in [-0.25, -0.2) is 0 Å². The van der Waals surface area contributed by atoms with Crippen LogP contribution in [-0.4, -0.2) is 6.85 Å². The molecule has 4 aliphatic rings. The van der Waals surface area contributed by atoms with Crippen LogP contribution in [0.4, 0.5) is 28.4 Å². The third-order valence-corrected chi connectivity index (χ3v) is 19.7. The highest BCUT2D eigenvalue weighted by Gasteiger charge is 2.51. The lowest BCUT2D eigenvalue weighted by Crippen LogP contribution is -2.61. The van der Waals surface area contributed by atoms with Crippen LogP contribution < -0.4 is 20.8 Å². The second-order valence-corrected chi connectivity index (χ2v) is 27.2. The number of rotatable bonds is 4. The third kappa shape index (κ3) is 6.91. The Bertz CT molecular complexity index is 4010. The van der Waals surface area contributed by atoms with Gasteiger partial charge in [0, 0.05) is 59.3 Å². The molecule has 0 amide bonds. The van der Waals surface area contributed by atoms with E-state index in [4.69, 9.17) is 4.42 Å². The van der Waals surface area contributed by atoms with E-state index in [2.05, 4.69) is 244 Å². The van der Waals surface area contributed by atoms with Crippen LogP contribution in [0.25, 0.3) is 64.5 Å². The van der Waals surface area contributed by atoms with Crippen molar-refractivity contribution in [2.75, 3.05) is 9.71 Å². The van der Waals surface area contributed by atoms with Crippen LogP contribution in [0.2, 0.25) is 0 Å². The predicted octanol–water partition coefficient (Wildman–Crippen LogP) is 18.8. The molecule has 0 radical (unpaired) electrons. The SMILES string of the molecule is CC(C)(C)c1ccc(N2c3cc4c(sc5ccccc54)c4c3B(c3oc5cc6c(cc5c32)C(C)(C)CCC6(C)C)N(c2ccc3c(c2)C(C)(C)CCC3(C)C)c2cc(-c3ccccc3)ccc2-4)c(-c2ccccc2)c1. The molecule has 5 heteroatoms. The number of fused-ring (bicyclic) bond motifs is 12. The highest BCUT2D eigenvalue weighted by molar-refractivity contribution is 7.26. The summed E-state index contributed by atoms with van der Waals surface area (Å²) >= 11 is 1.94. The molecule has 0 N–H and O–H groups in total. The summed E-state index contributed by atoms with van der Waals surface area (Å²) in [5, 5.41) is 3.76. The van der Waals surface area contributed by atoms with E-state index in [-0.39, 0.29) is 33.9 Å². The number of nitrogens with zero attached hydrogens (tertiary/aromatic N) is 2. The van der Waals surface area contributed by atoms with Crippen molar-refractivity contribution < 1.29 is 4.42 Å². The first-order valence-electron chi connectivity index (χ1n) is 27.5. The summed E-state index contributed by atoms with van der Waals surface area (Å²) < 4.78 is 10.5. The first-order chi connectivity index (χ1) is 35.8. The van der Waals surface area contributed by atoms with E-state index in [9.17, 15) is 0 Å². The molecule has 4 heterocycles. The van der Waals surface area contributed by atoms with Gasteiger partial charge in [0.25, 0.3) is 0 Å². The molecule has 0 fully saturated rings. The monoisotopic (exact) mass is 995 g/mol. The molecule has 0 unspecified atom stereocenters. The minimum absolute atomic E-state index is 0.00417. The van der Waals surface area contributed by atoms with Gasteiger partial charge in [-0.05, 0) is 157 Å². The first-order valence-corrected chi connectivity index (χ1v) is 28.3. The van der Waals surface area contributed by atoms with Crippen LogP contribution in [-0.2, 0) is 27.1 Å². The van der Waals surface area contributed by atoms with E-state index in [1.165, 1.54) is 116 Å². The van der Waals surface area contributed by atoms with E-state index in [1.54, 1.807) is 0 Å². The van der Waals surface area contributed by atoms with Gasteiger partial charge in [-0.3, -0.25) is 0 Å². The van der Waals surface area contributed by atoms with Gasteiger partial charge < -0.3 is 14.1 Å². The molecule has 3 nitrogen and oxygen atoms in total. The van der Waals surface area contributed by atoms with Gasteiger partial charge in [0.1, 0.15) is 11.2 Å². The Morgan fingerprint density at radius 1 is 0.493 bits per heavy atom. The van der Waals surface area contributed by atoms with Crippen molar-refractivity contribution in [3.8, 4) is 33.4 Å². The molecule has 0 atom stereocenters. The van der Waals surface area contributed by atoms with Crippen LogP contribution in [0.15, 0.2) is 162 Å². The van der Waals surface area contributed by atoms with E-state index in [0.717, 1.165) is 41.9 Å². The lowest BCUT2D eigenvalue weighted by Gasteiger charge is -2.46. The van der Waals surface area contributed by atoms with Crippen LogP contribution in [0.5, 0.6) is 0 Å². The Morgan fingerprint density at radius 3 is 1.81 bits per heavy atom. The van der Waals surface area contributed by atoms with Crippen molar-refractivity contribution in [2.24, 2.45) is 0 Å². The van der Waals surface area contributed by atoms with Crippen molar-refractivity contribution >= 4 is 88.9 Å². The van der Waals surface area contributed by atoms with E-state index < -0.39 is 0 Å². The maximum atomic E-state index is 7.90. The summed E-state index contributed by atoms with van der Waals surface area (Å²) in [6, 6.07) is 60.8. The molecule has 75 heavy (non-hydrogen) atoms. The van der Waals surface area contributed by atoms with Crippen molar-refractivity contribution in [1.82, 2.24) is 0 Å².